The molecule has 26 heavy (non-hydrogen) atoms. The van der Waals surface area contributed by atoms with Crippen LogP contribution in [0.2, 0.25) is 0 Å². The molecule has 3 aliphatic rings. The van der Waals surface area contributed by atoms with Crippen LogP contribution in [0.4, 0.5) is 0 Å². The van der Waals surface area contributed by atoms with E-state index in [2.05, 4.69) is 0 Å². The van der Waals surface area contributed by atoms with E-state index in [9.17, 15) is 18.0 Å². The van der Waals surface area contributed by atoms with Gasteiger partial charge in [0.25, 0.3) is 10.0 Å². The molecule has 1 aromatic heterocycles. The summed E-state index contributed by atoms with van der Waals surface area (Å²) < 4.78 is 27.0. The number of carbonyl (C=O) groups is 2. The molecule has 9 heteroatoms. The van der Waals surface area contributed by atoms with Crippen molar-refractivity contribution >= 4 is 33.2 Å². The van der Waals surface area contributed by atoms with Crippen molar-refractivity contribution in [2.45, 2.75) is 29.9 Å². The molecule has 2 amide bonds. The molecule has 3 fully saturated rings. The highest BCUT2D eigenvalue weighted by atomic mass is 32.2. The van der Waals surface area contributed by atoms with E-state index in [1.165, 1.54) is 20.5 Å². The first-order valence-electron chi connectivity index (χ1n) is 9.21. The van der Waals surface area contributed by atoms with Gasteiger partial charge in [0.2, 0.25) is 11.8 Å². The number of imide groups is 1. The number of nitrogens with zero attached hydrogens (tertiary/aromatic N) is 2. The first kappa shape index (κ1) is 18.1. The van der Waals surface area contributed by atoms with Crippen LogP contribution < -0.4 is 4.90 Å². The third-order valence-electron chi connectivity index (χ3n) is 5.83. The summed E-state index contributed by atoms with van der Waals surface area (Å²) in [5.41, 5.74) is 0. The molecule has 2 aliphatic heterocycles. The fourth-order valence-electron chi connectivity index (χ4n) is 4.35. The van der Waals surface area contributed by atoms with Crippen LogP contribution in [0.5, 0.6) is 0 Å². The average molecular weight is 399 g/mol. The Kier molecular flexibility index (Phi) is 4.89. The summed E-state index contributed by atoms with van der Waals surface area (Å²) in [6, 6.07) is 3.37. The number of hydrogen-bond donors (Lipinski definition) is 1. The number of piperazine rings is 1. The molecule has 2 saturated heterocycles. The molecule has 4 rings (SSSR count). The molecule has 1 N–H and O–H groups in total. The maximum absolute atomic E-state index is 12.6. The van der Waals surface area contributed by atoms with E-state index in [0.717, 1.165) is 30.6 Å². The fraction of sp³-hybridized carbons (Fsp3) is 0.647. The van der Waals surface area contributed by atoms with E-state index in [1.54, 1.807) is 17.5 Å². The minimum atomic E-state index is -3.42. The second-order valence-corrected chi connectivity index (χ2v) is 10.5. The SMILES string of the molecule is O=C1[C@H]2CCCC[C@H]2C(=O)N1C[NH+]1CCN(S(=O)(=O)c2cccs2)CC1. The second-order valence-electron chi connectivity index (χ2n) is 7.35. The summed E-state index contributed by atoms with van der Waals surface area (Å²) in [5.74, 6) is -0.256. The van der Waals surface area contributed by atoms with Crippen molar-refractivity contribution < 1.29 is 22.9 Å². The van der Waals surface area contributed by atoms with Gasteiger partial charge in [-0.15, -0.1) is 11.3 Å². The number of quaternary nitrogens is 1. The molecular weight excluding hydrogens is 374 g/mol. The molecule has 2 atom stereocenters. The minimum absolute atomic E-state index is 0.0131. The molecule has 142 valence electrons. The quantitative estimate of drug-likeness (QED) is 0.711. The van der Waals surface area contributed by atoms with Crippen molar-refractivity contribution in [2.24, 2.45) is 11.8 Å². The fourth-order valence-corrected chi connectivity index (χ4v) is 6.93. The average Bonchev–Trinajstić information content (AvgIpc) is 3.27. The summed E-state index contributed by atoms with van der Waals surface area (Å²) in [6.45, 7) is 2.42. The molecule has 0 unspecified atom stereocenters. The number of thiophene rings is 1. The maximum atomic E-state index is 12.6. The van der Waals surface area contributed by atoms with E-state index in [1.807, 2.05) is 0 Å². The number of sulfonamides is 1. The van der Waals surface area contributed by atoms with E-state index in [0.29, 0.717) is 37.1 Å². The molecule has 0 aromatic carbocycles. The van der Waals surface area contributed by atoms with Crippen molar-refractivity contribution in [3.63, 3.8) is 0 Å². The number of likely N-dealkylation sites (tertiary alicyclic amines) is 1. The highest BCUT2D eigenvalue weighted by molar-refractivity contribution is 7.91. The second kappa shape index (κ2) is 7.03. The van der Waals surface area contributed by atoms with Crippen LogP contribution in [0.15, 0.2) is 21.7 Å². The topological polar surface area (TPSA) is 79.2 Å². The van der Waals surface area contributed by atoms with Crippen LogP contribution in [0, 0.1) is 11.8 Å². The van der Waals surface area contributed by atoms with Crippen LogP contribution in [0.3, 0.4) is 0 Å². The van der Waals surface area contributed by atoms with Gasteiger partial charge < -0.3 is 4.90 Å². The number of amides is 2. The molecule has 0 radical (unpaired) electrons. The Morgan fingerprint density at radius 3 is 2.23 bits per heavy atom. The molecule has 0 spiro atoms. The number of nitrogens with one attached hydrogen (secondary N) is 1. The van der Waals surface area contributed by atoms with Gasteiger partial charge in [0.1, 0.15) is 4.21 Å². The van der Waals surface area contributed by atoms with Crippen molar-refractivity contribution in [3.05, 3.63) is 17.5 Å². The number of hydrogen-bond acceptors (Lipinski definition) is 5. The molecule has 0 bridgehead atoms. The summed E-state index contributed by atoms with van der Waals surface area (Å²) >= 11 is 1.23. The van der Waals surface area contributed by atoms with Crippen molar-refractivity contribution in [1.29, 1.82) is 0 Å². The Bertz CT molecular complexity index is 761. The van der Waals surface area contributed by atoms with Crippen LogP contribution >= 0.6 is 11.3 Å². The van der Waals surface area contributed by atoms with Gasteiger partial charge in [-0.05, 0) is 24.3 Å². The Morgan fingerprint density at radius 1 is 1.08 bits per heavy atom. The standard InChI is InChI=1S/C17H23N3O4S2/c21-16-13-4-1-2-5-14(13)17(22)20(16)12-18-7-9-19(10-8-18)26(23,24)15-6-3-11-25-15/h3,6,11,13-14H,1-2,4-5,7-10,12H2/p+1/t13-,14+. The highest BCUT2D eigenvalue weighted by Crippen LogP contribution is 2.37. The van der Waals surface area contributed by atoms with E-state index >= 15 is 0 Å². The monoisotopic (exact) mass is 398 g/mol. The van der Waals surface area contributed by atoms with Crippen molar-refractivity contribution in [2.75, 3.05) is 32.8 Å². The van der Waals surface area contributed by atoms with Gasteiger partial charge >= 0.3 is 0 Å². The lowest BCUT2D eigenvalue weighted by molar-refractivity contribution is -0.910. The van der Waals surface area contributed by atoms with Gasteiger partial charge in [-0.2, -0.15) is 4.31 Å². The first-order chi connectivity index (χ1) is 12.5. The van der Waals surface area contributed by atoms with E-state index in [4.69, 9.17) is 0 Å². The van der Waals surface area contributed by atoms with Crippen LogP contribution in [-0.2, 0) is 19.6 Å². The zero-order valence-corrected chi connectivity index (χ0v) is 16.2. The number of carbonyl (C=O) groups excluding carboxylic acids is 2. The zero-order valence-electron chi connectivity index (χ0n) is 14.6. The zero-order chi connectivity index (χ0) is 18.3. The van der Waals surface area contributed by atoms with Gasteiger partial charge in [0, 0.05) is 0 Å². The number of rotatable bonds is 4. The lowest BCUT2D eigenvalue weighted by atomic mass is 9.81. The Morgan fingerprint density at radius 2 is 1.69 bits per heavy atom. The molecule has 3 heterocycles. The molecular formula is C17H24N3O4S2+. The summed E-state index contributed by atoms with van der Waals surface area (Å²) in [6.07, 6.45) is 3.71. The smallest absolute Gasteiger partial charge is 0.252 e. The van der Waals surface area contributed by atoms with Gasteiger partial charge in [-0.3, -0.25) is 9.59 Å². The normalized spacial score (nSPS) is 28.5. The first-order valence-corrected chi connectivity index (χ1v) is 11.5. The Hall–Kier alpha value is -1.29. The van der Waals surface area contributed by atoms with Gasteiger partial charge in [0.05, 0.1) is 38.0 Å². The molecule has 1 aromatic rings. The minimum Gasteiger partial charge on any atom is -0.315 e. The summed E-state index contributed by atoms with van der Waals surface area (Å²) in [5, 5.41) is 1.76. The van der Waals surface area contributed by atoms with Crippen molar-refractivity contribution in [3.8, 4) is 0 Å². The van der Waals surface area contributed by atoms with E-state index < -0.39 is 10.0 Å². The van der Waals surface area contributed by atoms with Gasteiger partial charge in [-0.1, -0.05) is 18.9 Å². The summed E-state index contributed by atoms with van der Waals surface area (Å²) in [4.78, 5) is 27.7. The largest absolute Gasteiger partial charge is 0.315 e. The third-order valence-corrected chi connectivity index (χ3v) is 9.10. The summed E-state index contributed by atoms with van der Waals surface area (Å²) in [7, 11) is -3.42. The van der Waals surface area contributed by atoms with Crippen LogP contribution in [-0.4, -0.2) is 62.3 Å². The van der Waals surface area contributed by atoms with E-state index in [-0.39, 0.29) is 23.7 Å². The van der Waals surface area contributed by atoms with Crippen LogP contribution in [0.25, 0.3) is 0 Å². The lowest BCUT2D eigenvalue weighted by Gasteiger charge is -2.32. The maximum Gasteiger partial charge on any atom is 0.252 e. The van der Waals surface area contributed by atoms with Gasteiger partial charge in [-0.25, -0.2) is 13.3 Å². The van der Waals surface area contributed by atoms with Crippen LogP contribution in [0.1, 0.15) is 25.7 Å². The molecule has 1 saturated carbocycles. The highest BCUT2D eigenvalue weighted by Gasteiger charge is 2.49. The number of fused-ring (bicyclic) bond motifs is 1. The molecule has 1 aliphatic carbocycles. The third kappa shape index (κ3) is 3.11. The van der Waals surface area contributed by atoms with Crippen molar-refractivity contribution in [1.82, 2.24) is 9.21 Å². The predicted molar refractivity (Wildman–Crippen MR) is 95.9 cm³/mol. The Labute approximate surface area is 157 Å². The Balaban J connectivity index is 1.37. The lowest BCUT2D eigenvalue weighted by Crippen LogP contribution is -3.16. The molecule has 7 nitrogen and oxygen atoms in total. The van der Waals surface area contributed by atoms with Gasteiger partial charge in [0.15, 0.2) is 6.67 Å². The predicted octanol–water partition coefficient (Wildman–Crippen LogP) is -0.230.